The molecule has 1 atom stereocenters. The van der Waals surface area contributed by atoms with Gasteiger partial charge in [-0.25, -0.2) is 4.79 Å². The number of ether oxygens (including phenoxy) is 1. The molecule has 1 heterocycles. The van der Waals surface area contributed by atoms with Crippen LogP contribution in [0.15, 0.2) is 48.5 Å². The van der Waals surface area contributed by atoms with E-state index >= 15 is 0 Å². The van der Waals surface area contributed by atoms with Crippen LogP contribution in [-0.2, 0) is 13.1 Å². The number of likely N-dealkylation sites (N-methyl/N-ethyl adjacent to an activating group) is 1. The first-order valence-corrected chi connectivity index (χ1v) is 9.96. The van der Waals surface area contributed by atoms with E-state index in [0.29, 0.717) is 19.1 Å². The number of rotatable bonds is 7. The van der Waals surface area contributed by atoms with Crippen LogP contribution >= 0.6 is 0 Å². The number of likely N-dealkylation sites (tertiary alicyclic amines) is 1. The van der Waals surface area contributed by atoms with Crippen molar-refractivity contribution in [2.45, 2.75) is 38.9 Å². The molecular formula is C23H31N3O2. The average molecular weight is 382 g/mol. The zero-order valence-electron chi connectivity index (χ0n) is 17.1. The molecule has 0 aliphatic carbocycles. The number of hydrogen-bond donors (Lipinski definition) is 1. The van der Waals surface area contributed by atoms with Gasteiger partial charge < -0.3 is 19.9 Å². The number of carbonyl (C=O) groups excluding carboxylic acids is 1. The third kappa shape index (κ3) is 5.49. The summed E-state index contributed by atoms with van der Waals surface area (Å²) in [6.07, 6.45) is 2.35. The fraction of sp³-hybridized carbons (Fsp3) is 0.435. The normalized spacial score (nSPS) is 16.8. The molecule has 0 saturated carbocycles. The molecule has 0 aromatic heterocycles. The molecule has 1 aliphatic heterocycles. The van der Waals surface area contributed by atoms with Gasteiger partial charge in [0.1, 0.15) is 5.75 Å². The SMILES string of the molecule is COc1ccc(CNC(=O)N(Cc2ccc(C)cc2)CC2CCCN2C)cc1. The van der Waals surface area contributed by atoms with Crippen LogP contribution < -0.4 is 10.1 Å². The highest BCUT2D eigenvalue weighted by molar-refractivity contribution is 5.74. The van der Waals surface area contributed by atoms with E-state index in [-0.39, 0.29) is 6.03 Å². The molecule has 1 unspecified atom stereocenters. The number of methoxy groups -OCH3 is 1. The summed E-state index contributed by atoms with van der Waals surface area (Å²) < 4.78 is 5.19. The van der Waals surface area contributed by atoms with Crippen LogP contribution in [0.1, 0.15) is 29.5 Å². The predicted molar refractivity (Wildman–Crippen MR) is 112 cm³/mol. The third-order valence-electron chi connectivity index (χ3n) is 5.49. The Morgan fingerprint density at radius 2 is 1.82 bits per heavy atom. The standard InChI is InChI=1S/C23H31N3O2/c1-18-6-8-20(9-7-18)16-26(17-21-5-4-14-25(21)2)23(27)24-15-19-10-12-22(28-3)13-11-19/h6-13,21H,4-5,14-17H2,1-3H3,(H,24,27). The molecular weight excluding hydrogens is 350 g/mol. The third-order valence-corrected chi connectivity index (χ3v) is 5.49. The van der Waals surface area contributed by atoms with Crippen molar-refractivity contribution in [3.05, 3.63) is 65.2 Å². The van der Waals surface area contributed by atoms with Gasteiger partial charge in [-0.3, -0.25) is 0 Å². The van der Waals surface area contributed by atoms with E-state index in [1.165, 1.54) is 12.0 Å². The lowest BCUT2D eigenvalue weighted by Gasteiger charge is -2.29. The number of nitrogens with zero attached hydrogens (tertiary/aromatic N) is 2. The second-order valence-electron chi connectivity index (χ2n) is 7.65. The van der Waals surface area contributed by atoms with Crippen molar-refractivity contribution in [3.8, 4) is 5.75 Å². The lowest BCUT2D eigenvalue weighted by Crippen LogP contribution is -2.45. The van der Waals surface area contributed by atoms with Crippen molar-refractivity contribution in [2.24, 2.45) is 0 Å². The average Bonchev–Trinajstić information content (AvgIpc) is 3.12. The molecule has 1 N–H and O–H groups in total. The van der Waals surface area contributed by atoms with Gasteiger partial charge in [-0.2, -0.15) is 0 Å². The number of hydrogen-bond acceptors (Lipinski definition) is 3. The van der Waals surface area contributed by atoms with Gasteiger partial charge in [0.15, 0.2) is 0 Å². The molecule has 2 aromatic carbocycles. The van der Waals surface area contributed by atoms with Crippen LogP contribution in [0.2, 0.25) is 0 Å². The molecule has 3 rings (SSSR count). The Hall–Kier alpha value is -2.53. The molecule has 1 aliphatic rings. The highest BCUT2D eigenvalue weighted by atomic mass is 16.5. The minimum Gasteiger partial charge on any atom is -0.497 e. The van der Waals surface area contributed by atoms with Crippen LogP contribution in [-0.4, -0.2) is 49.1 Å². The number of carbonyl (C=O) groups is 1. The first-order valence-electron chi connectivity index (χ1n) is 9.96. The molecule has 0 bridgehead atoms. The summed E-state index contributed by atoms with van der Waals surface area (Å²) in [7, 11) is 3.80. The Balaban J connectivity index is 1.65. The predicted octanol–water partition coefficient (Wildman–Crippen LogP) is 3.81. The van der Waals surface area contributed by atoms with Crippen LogP contribution in [0.5, 0.6) is 5.75 Å². The van der Waals surface area contributed by atoms with Crippen molar-refractivity contribution in [1.29, 1.82) is 0 Å². The minimum absolute atomic E-state index is 0.0170. The fourth-order valence-electron chi connectivity index (χ4n) is 3.63. The summed E-state index contributed by atoms with van der Waals surface area (Å²) >= 11 is 0. The van der Waals surface area contributed by atoms with Crippen LogP contribution in [0, 0.1) is 6.92 Å². The monoisotopic (exact) mass is 381 g/mol. The number of benzene rings is 2. The van der Waals surface area contributed by atoms with Crippen molar-refractivity contribution < 1.29 is 9.53 Å². The summed E-state index contributed by atoms with van der Waals surface area (Å²) in [5.74, 6) is 0.820. The molecule has 5 heteroatoms. The Labute approximate surface area is 168 Å². The molecule has 0 spiro atoms. The molecule has 2 aromatic rings. The van der Waals surface area contributed by atoms with Crippen molar-refractivity contribution in [1.82, 2.24) is 15.1 Å². The Kier molecular flexibility index (Phi) is 6.93. The smallest absolute Gasteiger partial charge is 0.318 e. The second-order valence-corrected chi connectivity index (χ2v) is 7.65. The first-order chi connectivity index (χ1) is 13.5. The molecule has 1 fully saturated rings. The van der Waals surface area contributed by atoms with Gasteiger partial charge in [0.05, 0.1) is 7.11 Å². The zero-order chi connectivity index (χ0) is 19.9. The Morgan fingerprint density at radius 1 is 1.14 bits per heavy atom. The van der Waals surface area contributed by atoms with Gasteiger partial charge in [0.25, 0.3) is 0 Å². The van der Waals surface area contributed by atoms with E-state index in [2.05, 4.69) is 48.5 Å². The van der Waals surface area contributed by atoms with Crippen molar-refractivity contribution >= 4 is 6.03 Å². The van der Waals surface area contributed by atoms with Crippen LogP contribution in [0.25, 0.3) is 0 Å². The topological polar surface area (TPSA) is 44.8 Å². The largest absolute Gasteiger partial charge is 0.497 e. The molecule has 2 amide bonds. The van der Waals surface area contributed by atoms with Gasteiger partial charge in [-0.1, -0.05) is 42.0 Å². The van der Waals surface area contributed by atoms with E-state index in [0.717, 1.165) is 36.4 Å². The van der Waals surface area contributed by atoms with Gasteiger partial charge in [0.2, 0.25) is 0 Å². The lowest BCUT2D eigenvalue weighted by atomic mass is 10.1. The summed E-state index contributed by atoms with van der Waals surface area (Å²) in [6, 6.07) is 16.6. The molecule has 1 saturated heterocycles. The number of urea groups is 1. The first kappa shape index (κ1) is 20.2. The quantitative estimate of drug-likeness (QED) is 0.793. The van der Waals surface area contributed by atoms with E-state index in [9.17, 15) is 4.79 Å². The van der Waals surface area contributed by atoms with Crippen molar-refractivity contribution in [2.75, 3.05) is 27.2 Å². The molecule has 5 nitrogen and oxygen atoms in total. The Morgan fingerprint density at radius 3 is 2.43 bits per heavy atom. The number of amides is 2. The van der Waals surface area contributed by atoms with E-state index in [4.69, 9.17) is 4.74 Å². The van der Waals surface area contributed by atoms with Crippen molar-refractivity contribution in [3.63, 3.8) is 0 Å². The lowest BCUT2D eigenvalue weighted by molar-refractivity contribution is 0.172. The van der Waals surface area contributed by atoms with E-state index < -0.39 is 0 Å². The maximum absolute atomic E-state index is 13.0. The van der Waals surface area contributed by atoms with Gasteiger partial charge in [-0.05, 0) is 56.6 Å². The summed E-state index contributed by atoms with van der Waals surface area (Å²) in [5.41, 5.74) is 3.45. The minimum atomic E-state index is -0.0170. The van der Waals surface area contributed by atoms with E-state index in [1.54, 1.807) is 7.11 Å². The maximum Gasteiger partial charge on any atom is 0.318 e. The van der Waals surface area contributed by atoms with Gasteiger partial charge in [-0.15, -0.1) is 0 Å². The molecule has 28 heavy (non-hydrogen) atoms. The summed E-state index contributed by atoms with van der Waals surface area (Å²) in [5, 5.41) is 3.08. The highest BCUT2D eigenvalue weighted by Gasteiger charge is 2.25. The van der Waals surface area contributed by atoms with Gasteiger partial charge >= 0.3 is 6.03 Å². The van der Waals surface area contributed by atoms with Crippen LogP contribution in [0.3, 0.4) is 0 Å². The summed E-state index contributed by atoms with van der Waals surface area (Å²) in [6.45, 7) is 5.07. The highest BCUT2D eigenvalue weighted by Crippen LogP contribution is 2.18. The van der Waals surface area contributed by atoms with E-state index in [1.807, 2.05) is 29.2 Å². The summed E-state index contributed by atoms with van der Waals surface area (Å²) in [4.78, 5) is 17.3. The van der Waals surface area contributed by atoms with Gasteiger partial charge in [0, 0.05) is 25.7 Å². The maximum atomic E-state index is 13.0. The number of nitrogens with one attached hydrogen (secondary N) is 1. The second kappa shape index (κ2) is 9.60. The number of aryl methyl sites for hydroxylation is 1. The van der Waals surface area contributed by atoms with Crippen LogP contribution in [0.4, 0.5) is 4.79 Å². The molecule has 150 valence electrons. The Bertz CT molecular complexity index is 758. The fourth-order valence-corrected chi connectivity index (χ4v) is 3.63. The molecule has 0 radical (unpaired) electrons. The zero-order valence-corrected chi connectivity index (χ0v) is 17.1.